The molecule has 4 rings (SSSR count). The van der Waals surface area contributed by atoms with Crippen molar-refractivity contribution in [2.75, 3.05) is 25.1 Å². The lowest BCUT2D eigenvalue weighted by Gasteiger charge is -2.33. The van der Waals surface area contributed by atoms with E-state index in [9.17, 15) is 4.79 Å². The molecule has 1 amide bonds. The van der Waals surface area contributed by atoms with Gasteiger partial charge >= 0.3 is 0 Å². The Morgan fingerprint density at radius 2 is 2.03 bits per heavy atom. The normalized spacial score (nSPS) is 16.5. The summed E-state index contributed by atoms with van der Waals surface area (Å²) in [6.45, 7) is 5.93. The van der Waals surface area contributed by atoms with Crippen molar-refractivity contribution in [2.24, 2.45) is 5.92 Å². The first-order chi connectivity index (χ1) is 14.5. The number of rotatable bonds is 5. The number of nitrogens with one attached hydrogen (secondary N) is 1. The van der Waals surface area contributed by atoms with Crippen LogP contribution in [0.5, 0.6) is 5.75 Å². The molecule has 1 aromatic carbocycles. The summed E-state index contributed by atoms with van der Waals surface area (Å²) in [6, 6.07) is 9.77. The molecular weight excluding hydrogens is 378 g/mol. The first-order valence-corrected chi connectivity index (χ1v) is 10.3. The van der Waals surface area contributed by atoms with Gasteiger partial charge in [-0.25, -0.2) is 15.0 Å². The van der Waals surface area contributed by atoms with Crippen LogP contribution in [-0.4, -0.2) is 41.1 Å². The molecule has 3 heterocycles. The van der Waals surface area contributed by atoms with E-state index in [-0.39, 0.29) is 11.8 Å². The van der Waals surface area contributed by atoms with Crippen molar-refractivity contribution in [1.29, 1.82) is 0 Å². The summed E-state index contributed by atoms with van der Waals surface area (Å²) in [5.74, 6) is 0.803. The highest BCUT2D eigenvalue weighted by molar-refractivity contribution is 5.80. The smallest absolute Gasteiger partial charge is 0.225 e. The third-order valence-corrected chi connectivity index (χ3v) is 5.72. The van der Waals surface area contributed by atoms with Crippen molar-refractivity contribution in [3.8, 4) is 5.75 Å². The first-order valence-electron chi connectivity index (χ1n) is 10.3. The van der Waals surface area contributed by atoms with Crippen molar-refractivity contribution in [3.05, 3.63) is 53.5 Å². The summed E-state index contributed by atoms with van der Waals surface area (Å²) in [7, 11) is 1.64. The van der Waals surface area contributed by atoms with Crippen LogP contribution in [0.2, 0.25) is 0 Å². The van der Waals surface area contributed by atoms with Crippen molar-refractivity contribution in [3.63, 3.8) is 0 Å². The van der Waals surface area contributed by atoms with E-state index in [1.165, 1.54) is 0 Å². The minimum Gasteiger partial charge on any atom is -0.496 e. The maximum Gasteiger partial charge on any atom is 0.225 e. The fraction of sp³-hybridized carbons (Fsp3) is 0.391. The zero-order valence-corrected chi connectivity index (χ0v) is 17.7. The number of fused-ring (bicyclic) bond motifs is 1. The number of nitrogens with zero attached hydrogens (tertiary/aromatic N) is 4. The Morgan fingerprint density at radius 3 is 2.87 bits per heavy atom. The zero-order chi connectivity index (χ0) is 21.1. The van der Waals surface area contributed by atoms with Gasteiger partial charge < -0.3 is 15.0 Å². The van der Waals surface area contributed by atoms with Crippen LogP contribution >= 0.6 is 0 Å². The Morgan fingerprint density at radius 1 is 1.23 bits per heavy atom. The zero-order valence-electron chi connectivity index (χ0n) is 17.7. The number of para-hydroxylation sites is 1. The summed E-state index contributed by atoms with van der Waals surface area (Å²) in [6.07, 6.45) is 3.68. The fourth-order valence-electron chi connectivity index (χ4n) is 3.88. The molecule has 0 spiro atoms. The Hall–Kier alpha value is -3.22. The number of hydrogen-bond donors (Lipinski definition) is 1. The maximum atomic E-state index is 12.8. The van der Waals surface area contributed by atoms with E-state index in [0.717, 1.165) is 53.3 Å². The Bertz CT molecular complexity index is 1070. The lowest BCUT2D eigenvalue weighted by Crippen LogP contribution is -2.43. The molecule has 1 aliphatic heterocycles. The van der Waals surface area contributed by atoms with Gasteiger partial charge in [0.1, 0.15) is 11.3 Å². The van der Waals surface area contributed by atoms with Crippen LogP contribution in [0.4, 0.5) is 5.69 Å². The number of carbonyl (C=O) groups is 1. The van der Waals surface area contributed by atoms with E-state index in [1.807, 2.05) is 50.4 Å². The second kappa shape index (κ2) is 8.65. The number of pyridine rings is 1. The highest BCUT2D eigenvalue weighted by Crippen LogP contribution is 2.25. The summed E-state index contributed by atoms with van der Waals surface area (Å²) in [4.78, 5) is 28.7. The summed E-state index contributed by atoms with van der Waals surface area (Å²) in [5.41, 5.74) is 5.22. The number of carbonyl (C=O) groups excluding carboxylic acids is 1. The van der Waals surface area contributed by atoms with Gasteiger partial charge in [-0.1, -0.05) is 18.2 Å². The predicted molar refractivity (Wildman–Crippen MR) is 117 cm³/mol. The largest absolute Gasteiger partial charge is 0.496 e. The topological polar surface area (TPSA) is 80.2 Å². The number of methoxy groups -OCH3 is 1. The average Bonchev–Trinajstić information content (AvgIpc) is 2.78. The van der Waals surface area contributed by atoms with Crippen LogP contribution < -0.4 is 15.0 Å². The van der Waals surface area contributed by atoms with Crippen molar-refractivity contribution in [1.82, 2.24) is 20.3 Å². The Kier molecular flexibility index (Phi) is 5.79. The van der Waals surface area contributed by atoms with E-state index >= 15 is 0 Å². The number of anilines is 1. The van der Waals surface area contributed by atoms with Crippen LogP contribution in [0.15, 0.2) is 36.5 Å². The molecule has 0 aliphatic carbocycles. The van der Waals surface area contributed by atoms with E-state index in [2.05, 4.69) is 25.2 Å². The molecule has 1 saturated heterocycles. The van der Waals surface area contributed by atoms with Crippen molar-refractivity contribution < 1.29 is 9.53 Å². The van der Waals surface area contributed by atoms with Gasteiger partial charge in [-0.15, -0.1) is 0 Å². The van der Waals surface area contributed by atoms with Gasteiger partial charge in [0, 0.05) is 25.2 Å². The molecule has 3 aromatic rings. The highest BCUT2D eigenvalue weighted by atomic mass is 16.5. The van der Waals surface area contributed by atoms with Crippen LogP contribution in [0, 0.1) is 19.8 Å². The standard InChI is InChI=1S/C23H27N5O2/c1-15-16(2)27-22-20(26-15)11-19(13-24-22)28-10-6-8-18(14-28)23(29)25-12-17-7-4-5-9-21(17)30-3/h4-5,7,9,11,13,18H,6,8,10,12,14H2,1-3H3,(H,25,29)/t18-/m0/s1. The monoisotopic (exact) mass is 405 g/mol. The van der Waals surface area contributed by atoms with Gasteiger partial charge in [0.05, 0.1) is 36.3 Å². The van der Waals surface area contributed by atoms with Crippen molar-refractivity contribution in [2.45, 2.75) is 33.2 Å². The molecule has 30 heavy (non-hydrogen) atoms. The lowest BCUT2D eigenvalue weighted by molar-refractivity contribution is -0.125. The third kappa shape index (κ3) is 4.20. The quantitative estimate of drug-likeness (QED) is 0.702. The van der Waals surface area contributed by atoms with Crippen LogP contribution in [0.25, 0.3) is 11.2 Å². The van der Waals surface area contributed by atoms with Crippen molar-refractivity contribution >= 4 is 22.8 Å². The molecule has 7 heteroatoms. The second-order valence-corrected chi connectivity index (χ2v) is 7.75. The minimum atomic E-state index is -0.0602. The Balaban J connectivity index is 1.44. The molecule has 7 nitrogen and oxygen atoms in total. The number of aromatic nitrogens is 3. The van der Waals surface area contributed by atoms with Crippen LogP contribution in [0.3, 0.4) is 0 Å². The summed E-state index contributed by atoms with van der Waals surface area (Å²) < 4.78 is 5.37. The molecule has 2 aromatic heterocycles. The molecule has 0 saturated carbocycles. The first kappa shape index (κ1) is 20.1. The van der Waals surface area contributed by atoms with Gasteiger partial charge in [-0.05, 0) is 38.8 Å². The molecule has 1 atom stereocenters. The molecule has 1 aliphatic rings. The third-order valence-electron chi connectivity index (χ3n) is 5.72. The van der Waals surface area contributed by atoms with Gasteiger partial charge in [0.15, 0.2) is 5.65 Å². The molecule has 1 N–H and O–H groups in total. The molecule has 0 radical (unpaired) electrons. The second-order valence-electron chi connectivity index (χ2n) is 7.75. The van der Waals surface area contributed by atoms with Gasteiger partial charge in [-0.3, -0.25) is 4.79 Å². The van der Waals surface area contributed by atoms with Crippen LogP contribution in [0.1, 0.15) is 29.8 Å². The fourth-order valence-corrected chi connectivity index (χ4v) is 3.88. The van der Waals surface area contributed by atoms with E-state index in [4.69, 9.17) is 4.74 Å². The van der Waals surface area contributed by atoms with E-state index < -0.39 is 0 Å². The molecule has 0 unspecified atom stereocenters. The number of ether oxygens (including phenoxy) is 1. The number of aryl methyl sites for hydroxylation is 2. The SMILES string of the molecule is COc1ccccc1CNC(=O)[C@H]1CCCN(c2cnc3nc(C)c(C)nc3c2)C1. The van der Waals surface area contributed by atoms with Gasteiger partial charge in [0.2, 0.25) is 5.91 Å². The highest BCUT2D eigenvalue weighted by Gasteiger charge is 2.26. The van der Waals surface area contributed by atoms with Crippen LogP contribution in [-0.2, 0) is 11.3 Å². The average molecular weight is 406 g/mol. The van der Waals surface area contributed by atoms with E-state index in [0.29, 0.717) is 18.7 Å². The molecule has 156 valence electrons. The minimum absolute atomic E-state index is 0.0602. The number of benzene rings is 1. The summed E-state index contributed by atoms with van der Waals surface area (Å²) in [5, 5.41) is 3.08. The molecular formula is C23H27N5O2. The van der Waals surface area contributed by atoms with Gasteiger partial charge in [-0.2, -0.15) is 0 Å². The summed E-state index contributed by atoms with van der Waals surface area (Å²) >= 11 is 0. The van der Waals surface area contributed by atoms with Gasteiger partial charge in [0.25, 0.3) is 0 Å². The number of amides is 1. The Labute approximate surface area is 176 Å². The molecule has 0 bridgehead atoms. The lowest BCUT2D eigenvalue weighted by atomic mass is 9.96. The predicted octanol–water partition coefficient (Wildman–Crippen LogP) is 3.18. The number of piperidine rings is 1. The molecule has 1 fully saturated rings. The number of hydrogen-bond acceptors (Lipinski definition) is 6. The van der Waals surface area contributed by atoms with E-state index in [1.54, 1.807) is 7.11 Å². The maximum absolute atomic E-state index is 12.8.